The summed E-state index contributed by atoms with van der Waals surface area (Å²) in [7, 11) is 0. The zero-order valence-electron chi connectivity index (χ0n) is 22.0. The fraction of sp³-hybridized carbons (Fsp3) is 0.567. The number of hydrogen-bond acceptors (Lipinski definition) is 4. The molecule has 1 fully saturated rings. The highest BCUT2D eigenvalue weighted by Gasteiger charge is 2.43. The van der Waals surface area contributed by atoms with Gasteiger partial charge in [0.05, 0.1) is 11.5 Å². The lowest BCUT2D eigenvalue weighted by Crippen LogP contribution is -2.43. The third-order valence-corrected chi connectivity index (χ3v) is 8.47. The number of nitrogens with one attached hydrogen (secondary N) is 1. The van der Waals surface area contributed by atoms with Crippen molar-refractivity contribution < 1.29 is 0 Å². The van der Waals surface area contributed by atoms with Crippen LogP contribution in [0.5, 0.6) is 0 Å². The Hall–Kier alpha value is -2.91. The van der Waals surface area contributed by atoms with Crippen molar-refractivity contribution in [1.82, 2.24) is 14.5 Å². The molecule has 192 valence electrons. The van der Waals surface area contributed by atoms with Crippen LogP contribution in [0.2, 0.25) is 0 Å². The number of aryl methyl sites for hydroxylation is 1. The van der Waals surface area contributed by atoms with Crippen molar-refractivity contribution in [3.63, 3.8) is 0 Å². The van der Waals surface area contributed by atoms with Gasteiger partial charge in [-0.1, -0.05) is 56.4 Å². The molecule has 0 aliphatic heterocycles. The van der Waals surface area contributed by atoms with Crippen molar-refractivity contribution in [2.24, 2.45) is 23.2 Å². The highest BCUT2D eigenvalue weighted by Crippen LogP contribution is 2.47. The molecule has 0 aromatic carbocycles. The van der Waals surface area contributed by atoms with Crippen LogP contribution in [0.25, 0.3) is 0 Å². The molecule has 4 rings (SSSR count). The lowest BCUT2D eigenvalue weighted by molar-refractivity contribution is 0.147. The van der Waals surface area contributed by atoms with Gasteiger partial charge in [-0.15, -0.1) is 0 Å². The van der Waals surface area contributed by atoms with E-state index >= 15 is 0 Å². The standard InChI is InChI=1S/C30H40N4O2/c1-22-9-4-6-11-25(22)20-33-19-24(3)28(35)34(29(33)36)18-8-17-32-26-13-15-30(21-31,16-14-26)27-12-7-5-10-23(27)2/h4-7,10-12,19,22-23,26-27,32H,8-9,13-18,20H2,1-3H3/t22?,23?,26?,27-,30?/m0/s1. The first-order valence-electron chi connectivity index (χ1n) is 13.5. The average Bonchev–Trinajstić information content (AvgIpc) is 2.89. The predicted octanol–water partition coefficient (Wildman–Crippen LogP) is 4.65. The van der Waals surface area contributed by atoms with Gasteiger partial charge in [0.25, 0.3) is 5.56 Å². The van der Waals surface area contributed by atoms with Crippen LogP contribution in [0, 0.1) is 41.4 Å². The minimum Gasteiger partial charge on any atom is -0.314 e. The fourth-order valence-electron chi connectivity index (χ4n) is 6.11. The molecule has 1 heterocycles. The maximum atomic E-state index is 13.1. The largest absolute Gasteiger partial charge is 0.331 e. The summed E-state index contributed by atoms with van der Waals surface area (Å²) in [6.07, 6.45) is 22.0. The maximum Gasteiger partial charge on any atom is 0.331 e. The molecule has 1 aromatic heterocycles. The zero-order chi connectivity index (χ0) is 25.7. The van der Waals surface area contributed by atoms with Gasteiger partial charge >= 0.3 is 5.69 Å². The first kappa shape index (κ1) is 26.2. The molecule has 1 N–H and O–H groups in total. The summed E-state index contributed by atoms with van der Waals surface area (Å²) in [4.78, 5) is 25.9. The van der Waals surface area contributed by atoms with Crippen molar-refractivity contribution in [2.45, 2.75) is 78.4 Å². The molecule has 6 nitrogen and oxygen atoms in total. The maximum absolute atomic E-state index is 13.1. The number of hydrogen-bond donors (Lipinski definition) is 1. The minimum absolute atomic E-state index is 0.193. The topological polar surface area (TPSA) is 79.8 Å². The van der Waals surface area contributed by atoms with Crippen molar-refractivity contribution in [1.29, 1.82) is 5.26 Å². The number of nitrogens with zero attached hydrogens (tertiary/aromatic N) is 3. The van der Waals surface area contributed by atoms with Gasteiger partial charge in [-0.3, -0.25) is 13.9 Å². The second-order valence-corrected chi connectivity index (χ2v) is 11.0. The molecule has 0 radical (unpaired) electrons. The molecule has 0 saturated heterocycles. The number of rotatable bonds is 8. The zero-order valence-corrected chi connectivity index (χ0v) is 22.0. The van der Waals surface area contributed by atoms with E-state index in [4.69, 9.17) is 0 Å². The van der Waals surface area contributed by atoms with E-state index in [0.29, 0.717) is 43.0 Å². The Balaban J connectivity index is 1.32. The average molecular weight is 489 g/mol. The highest BCUT2D eigenvalue weighted by atomic mass is 16.2. The van der Waals surface area contributed by atoms with Gasteiger partial charge in [0.15, 0.2) is 0 Å². The third-order valence-electron chi connectivity index (χ3n) is 8.47. The summed E-state index contributed by atoms with van der Waals surface area (Å²) in [6.45, 7) is 7.85. The first-order valence-corrected chi connectivity index (χ1v) is 13.5. The summed E-state index contributed by atoms with van der Waals surface area (Å²) in [5.74, 6) is 1.08. The summed E-state index contributed by atoms with van der Waals surface area (Å²) in [6, 6.07) is 3.06. The van der Waals surface area contributed by atoms with Crippen molar-refractivity contribution >= 4 is 0 Å². The van der Waals surface area contributed by atoms with Crippen LogP contribution in [0.15, 0.2) is 63.9 Å². The molecular formula is C30H40N4O2. The number of aromatic nitrogens is 2. The molecule has 3 aliphatic rings. The lowest BCUT2D eigenvalue weighted by atomic mass is 9.61. The second kappa shape index (κ2) is 11.4. The Morgan fingerprint density at radius 2 is 1.89 bits per heavy atom. The van der Waals surface area contributed by atoms with E-state index in [1.807, 2.05) is 6.08 Å². The Morgan fingerprint density at radius 1 is 1.14 bits per heavy atom. The van der Waals surface area contributed by atoms with Crippen LogP contribution in [0.3, 0.4) is 0 Å². The molecule has 6 heteroatoms. The van der Waals surface area contributed by atoms with Crippen LogP contribution in [-0.2, 0) is 13.1 Å². The Labute approximate surface area is 214 Å². The van der Waals surface area contributed by atoms with Gasteiger partial charge in [-0.25, -0.2) is 4.79 Å². The van der Waals surface area contributed by atoms with Crippen LogP contribution >= 0.6 is 0 Å². The van der Waals surface area contributed by atoms with Crippen LogP contribution in [-0.4, -0.2) is 21.7 Å². The number of nitriles is 1. The van der Waals surface area contributed by atoms with Gasteiger partial charge in [-0.2, -0.15) is 5.26 Å². The second-order valence-electron chi connectivity index (χ2n) is 11.0. The van der Waals surface area contributed by atoms with E-state index in [0.717, 1.165) is 38.6 Å². The van der Waals surface area contributed by atoms with E-state index in [1.54, 1.807) is 17.7 Å². The first-order chi connectivity index (χ1) is 17.3. The van der Waals surface area contributed by atoms with E-state index in [1.165, 1.54) is 10.1 Å². The molecule has 0 amide bonds. The molecule has 1 saturated carbocycles. The SMILES string of the molecule is Cc1cn(CC2=CC=CCC2C)c(=O)n(CCCNC2CCC(C#N)([C@H]3C=CC=CC3C)CC2)c1=O. The van der Waals surface area contributed by atoms with Crippen molar-refractivity contribution in [3.05, 3.63) is 80.7 Å². The molecule has 36 heavy (non-hydrogen) atoms. The van der Waals surface area contributed by atoms with Crippen LogP contribution < -0.4 is 16.6 Å². The van der Waals surface area contributed by atoms with E-state index in [9.17, 15) is 14.9 Å². The molecule has 2 unspecified atom stereocenters. The van der Waals surface area contributed by atoms with E-state index in [-0.39, 0.29) is 22.6 Å². The minimum atomic E-state index is -0.278. The Morgan fingerprint density at radius 3 is 2.58 bits per heavy atom. The lowest BCUT2D eigenvalue weighted by Gasteiger charge is -2.42. The Kier molecular flexibility index (Phi) is 8.31. The van der Waals surface area contributed by atoms with Crippen LogP contribution in [0.4, 0.5) is 0 Å². The Bertz CT molecular complexity index is 1210. The van der Waals surface area contributed by atoms with Gasteiger partial charge in [0.1, 0.15) is 0 Å². The third kappa shape index (κ3) is 5.57. The van der Waals surface area contributed by atoms with Gasteiger partial charge < -0.3 is 5.32 Å². The van der Waals surface area contributed by atoms with Gasteiger partial charge in [0.2, 0.25) is 0 Å². The molecule has 0 spiro atoms. The van der Waals surface area contributed by atoms with E-state index in [2.05, 4.69) is 61.7 Å². The predicted molar refractivity (Wildman–Crippen MR) is 145 cm³/mol. The molecular weight excluding hydrogens is 448 g/mol. The summed E-state index contributed by atoms with van der Waals surface area (Å²) >= 11 is 0. The number of allylic oxidation sites excluding steroid dienone is 8. The normalized spacial score (nSPS) is 29.7. The van der Waals surface area contributed by atoms with Gasteiger partial charge in [-0.05, 0) is 69.4 Å². The fourth-order valence-corrected chi connectivity index (χ4v) is 6.11. The summed E-state index contributed by atoms with van der Waals surface area (Å²) < 4.78 is 3.08. The summed E-state index contributed by atoms with van der Waals surface area (Å²) in [5.41, 5.74) is 1.11. The molecule has 3 aliphatic carbocycles. The van der Waals surface area contributed by atoms with Crippen molar-refractivity contribution in [3.8, 4) is 6.07 Å². The monoisotopic (exact) mass is 488 g/mol. The molecule has 3 atom stereocenters. The van der Waals surface area contributed by atoms with Crippen molar-refractivity contribution in [2.75, 3.05) is 6.54 Å². The molecule has 1 aromatic rings. The smallest absolute Gasteiger partial charge is 0.314 e. The van der Waals surface area contributed by atoms with E-state index < -0.39 is 0 Å². The summed E-state index contributed by atoms with van der Waals surface area (Å²) in [5, 5.41) is 13.7. The van der Waals surface area contributed by atoms with Gasteiger partial charge in [0, 0.05) is 36.8 Å². The highest BCUT2D eigenvalue weighted by molar-refractivity contribution is 5.22. The van der Waals surface area contributed by atoms with Crippen LogP contribution in [0.1, 0.15) is 57.9 Å². The molecule has 0 bridgehead atoms. The quantitative estimate of drug-likeness (QED) is 0.540.